The number of thioether (sulfide) groups is 1. The number of methoxy groups -OCH3 is 1. The Labute approximate surface area is 117 Å². The zero-order valence-electron chi connectivity index (χ0n) is 11.0. The number of ether oxygens (including phenoxy) is 1. The Morgan fingerprint density at radius 1 is 1.37 bits per heavy atom. The lowest BCUT2D eigenvalue weighted by molar-refractivity contribution is -0.143. The van der Waals surface area contributed by atoms with E-state index >= 15 is 0 Å². The third-order valence-electron chi connectivity index (χ3n) is 2.51. The average molecular weight is 303 g/mol. The largest absolute Gasteiger partial charge is 0.469 e. The monoisotopic (exact) mass is 303 g/mol. The van der Waals surface area contributed by atoms with Crippen molar-refractivity contribution < 1.29 is 17.9 Å². The molecule has 0 aliphatic carbocycles. The van der Waals surface area contributed by atoms with Crippen LogP contribution in [0.2, 0.25) is 0 Å². The molecule has 0 bridgehead atoms. The highest BCUT2D eigenvalue weighted by atomic mass is 32.2. The van der Waals surface area contributed by atoms with Crippen LogP contribution in [-0.2, 0) is 19.6 Å². The van der Waals surface area contributed by atoms with Crippen molar-refractivity contribution in [2.75, 3.05) is 19.9 Å². The van der Waals surface area contributed by atoms with Crippen LogP contribution in [0.25, 0.3) is 0 Å². The summed E-state index contributed by atoms with van der Waals surface area (Å²) in [6.45, 7) is 1.79. The minimum atomic E-state index is -3.40. The van der Waals surface area contributed by atoms with E-state index in [0.29, 0.717) is 5.75 Å². The molecule has 0 spiro atoms. The van der Waals surface area contributed by atoms with Gasteiger partial charge in [0.05, 0.1) is 17.9 Å². The predicted molar refractivity (Wildman–Crippen MR) is 74.6 cm³/mol. The topological polar surface area (TPSA) is 72.5 Å². The number of carbonyl (C=O) groups excluding carboxylic acids is 1. The summed E-state index contributed by atoms with van der Waals surface area (Å²) in [6, 6.07) is 6.52. The molecule has 5 nitrogen and oxygen atoms in total. The van der Waals surface area contributed by atoms with E-state index in [2.05, 4.69) is 9.46 Å². The highest BCUT2D eigenvalue weighted by Gasteiger charge is 2.14. The van der Waals surface area contributed by atoms with Gasteiger partial charge in [0.1, 0.15) is 0 Å². The van der Waals surface area contributed by atoms with Gasteiger partial charge in [-0.2, -0.15) is 0 Å². The van der Waals surface area contributed by atoms with E-state index in [9.17, 15) is 13.2 Å². The van der Waals surface area contributed by atoms with Crippen molar-refractivity contribution >= 4 is 27.8 Å². The number of rotatable bonds is 6. The molecule has 1 aromatic rings. The summed E-state index contributed by atoms with van der Waals surface area (Å²) in [5, 5.41) is 0. The third-order valence-corrected chi connectivity index (χ3v) is 5.21. The fraction of sp³-hybridized carbons (Fsp3) is 0.417. The van der Waals surface area contributed by atoms with Gasteiger partial charge in [0.2, 0.25) is 10.0 Å². The number of carbonyl (C=O) groups is 1. The molecule has 1 atom stereocenters. The summed E-state index contributed by atoms with van der Waals surface area (Å²) < 4.78 is 29.9. The van der Waals surface area contributed by atoms with Gasteiger partial charge in [-0.25, -0.2) is 13.1 Å². The molecule has 1 rings (SSSR count). The molecule has 0 amide bonds. The second-order valence-electron chi connectivity index (χ2n) is 3.91. The van der Waals surface area contributed by atoms with Gasteiger partial charge in [-0.3, -0.25) is 4.79 Å². The average Bonchev–Trinajstić information content (AvgIpc) is 2.44. The Bertz CT molecular complexity index is 525. The Morgan fingerprint density at radius 3 is 2.42 bits per heavy atom. The van der Waals surface area contributed by atoms with Gasteiger partial charge in [0, 0.05) is 10.6 Å². The summed E-state index contributed by atoms with van der Waals surface area (Å²) in [5.74, 6) is 0.141. The Morgan fingerprint density at radius 2 is 1.95 bits per heavy atom. The van der Waals surface area contributed by atoms with Gasteiger partial charge in [0.15, 0.2) is 0 Å². The van der Waals surface area contributed by atoms with E-state index in [1.165, 1.54) is 38.1 Å². The van der Waals surface area contributed by atoms with Crippen LogP contribution in [0.4, 0.5) is 0 Å². The first-order valence-electron chi connectivity index (χ1n) is 5.65. The van der Waals surface area contributed by atoms with E-state index in [1.807, 2.05) is 0 Å². The highest BCUT2D eigenvalue weighted by Crippen LogP contribution is 2.22. The normalized spacial score (nSPS) is 13.0. The van der Waals surface area contributed by atoms with Crippen LogP contribution in [-0.4, -0.2) is 34.3 Å². The second-order valence-corrected chi connectivity index (χ2v) is 6.89. The lowest BCUT2D eigenvalue weighted by Crippen LogP contribution is -2.18. The SMILES string of the molecule is CNS(=O)(=O)c1ccc(SCC(C)C(=O)OC)cc1. The first kappa shape index (κ1) is 16.0. The molecule has 1 unspecified atom stereocenters. The van der Waals surface area contributed by atoms with Gasteiger partial charge in [0.25, 0.3) is 0 Å². The first-order valence-corrected chi connectivity index (χ1v) is 8.12. The van der Waals surface area contributed by atoms with Crippen molar-refractivity contribution in [2.45, 2.75) is 16.7 Å². The molecule has 0 saturated heterocycles. The van der Waals surface area contributed by atoms with Crippen LogP contribution in [0, 0.1) is 5.92 Å². The molecule has 0 saturated carbocycles. The minimum absolute atomic E-state index is 0.198. The van der Waals surface area contributed by atoms with Gasteiger partial charge in [-0.1, -0.05) is 6.92 Å². The number of esters is 1. The van der Waals surface area contributed by atoms with Gasteiger partial charge in [-0.15, -0.1) is 11.8 Å². The first-order chi connectivity index (χ1) is 8.90. The summed E-state index contributed by atoms with van der Waals surface area (Å²) in [4.78, 5) is 12.4. The molecule has 0 radical (unpaired) electrons. The van der Waals surface area contributed by atoms with Crippen molar-refractivity contribution in [2.24, 2.45) is 5.92 Å². The van der Waals surface area contributed by atoms with E-state index < -0.39 is 10.0 Å². The molecule has 0 fully saturated rings. The molecule has 0 aliphatic rings. The molecule has 1 aromatic carbocycles. The highest BCUT2D eigenvalue weighted by molar-refractivity contribution is 7.99. The predicted octanol–water partition coefficient (Wildman–Crippen LogP) is 1.50. The fourth-order valence-electron chi connectivity index (χ4n) is 1.32. The summed E-state index contributed by atoms with van der Waals surface area (Å²) >= 11 is 1.48. The van der Waals surface area contributed by atoms with E-state index in [4.69, 9.17) is 0 Å². The zero-order chi connectivity index (χ0) is 14.5. The Hall–Kier alpha value is -1.05. The molecule has 7 heteroatoms. The van der Waals surface area contributed by atoms with Crippen molar-refractivity contribution in [1.82, 2.24) is 4.72 Å². The van der Waals surface area contributed by atoms with Crippen molar-refractivity contribution in [1.29, 1.82) is 0 Å². The quantitative estimate of drug-likeness (QED) is 0.637. The lowest BCUT2D eigenvalue weighted by Gasteiger charge is -2.09. The number of hydrogen-bond acceptors (Lipinski definition) is 5. The van der Waals surface area contributed by atoms with Crippen LogP contribution in [0.5, 0.6) is 0 Å². The van der Waals surface area contributed by atoms with Gasteiger partial charge < -0.3 is 4.74 Å². The van der Waals surface area contributed by atoms with Gasteiger partial charge >= 0.3 is 5.97 Å². The molecule has 19 heavy (non-hydrogen) atoms. The number of nitrogens with one attached hydrogen (secondary N) is 1. The van der Waals surface area contributed by atoms with Crippen molar-refractivity contribution in [3.8, 4) is 0 Å². The summed E-state index contributed by atoms with van der Waals surface area (Å²) in [5.41, 5.74) is 0. The van der Waals surface area contributed by atoms with Crippen LogP contribution in [0.1, 0.15) is 6.92 Å². The van der Waals surface area contributed by atoms with Crippen LogP contribution < -0.4 is 4.72 Å². The molecule has 1 N–H and O–H groups in total. The lowest BCUT2D eigenvalue weighted by atomic mass is 10.2. The third kappa shape index (κ3) is 4.52. The van der Waals surface area contributed by atoms with Crippen LogP contribution in [0.15, 0.2) is 34.1 Å². The van der Waals surface area contributed by atoms with E-state index in [0.717, 1.165) is 4.90 Å². The van der Waals surface area contributed by atoms with E-state index in [-0.39, 0.29) is 16.8 Å². The molecular formula is C12H17NO4S2. The Balaban J connectivity index is 2.66. The molecule has 0 heterocycles. The molecule has 0 aliphatic heterocycles. The molecule has 106 valence electrons. The van der Waals surface area contributed by atoms with Crippen LogP contribution >= 0.6 is 11.8 Å². The molecule has 0 aromatic heterocycles. The summed E-state index contributed by atoms with van der Waals surface area (Å²) in [7, 11) is -0.664. The Kier molecular flexibility index (Phi) is 5.84. The fourth-order valence-corrected chi connectivity index (χ4v) is 2.96. The number of hydrogen-bond donors (Lipinski definition) is 1. The maximum absolute atomic E-state index is 11.5. The number of sulfonamides is 1. The van der Waals surface area contributed by atoms with E-state index in [1.54, 1.807) is 19.1 Å². The smallest absolute Gasteiger partial charge is 0.309 e. The second kappa shape index (κ2) is 6.93. The zero-order valence-corrected chi connectivity index (χ0v) is 12.7. The number of benzene rings is 1. The standard InChI is InChI=1S/C12H17NO4S2/c1-9(12(14)17-3)8-18-10-4-6-11(7-5-10)19(15,16)13-2/h4-7,9,13H,8H2,1-3H3. The van der Waals surface area contributed by atoms with Crippen molar-refractivity contribution in [3.63, 3.8) is 0 Å². The van der Waals surface area contributed by atoms with Gasteiger partial charge in [-0.05, 0) is 31.3 Å². The van der Waals surface area contributed by atoms with Crippen molar-refractivity contribution in [3.05, 3.63) is 24.3 Å². The maximum atomic E-state index is 11.5. The maximum Gasteiger partial charge on any atom is 0.309 e. The molecular weight excluding hydrogens is 286 g/mol. The van der Waals surface area contributed by atoms with Crippen LogP contribution in [0.3, 0.4) is 0 Å². The minimum Gasteiger partial charge on any atom is -0.469 e. The summed E-state index contributed by atoms with van der Waals surface area (Å²) in [6.07, 6.45) is 0.